The number of fused-ring (bicyclic) bond motifs is 1. The number of halogens is 1. The van der Waals surface area contributed by atoms with Crippen LogP contribution in [0.4, 0.5) is 14.9 Å². The largest absolute Gasteiger partial charge is 0.494 e. The van der Waals surface area contributed by atoms with Crippen LogP contribution in [0.2, 0.25) is 0 Å². The fraction of sp³-hybridized carbons (Fsp3) is 0.435. The highest BCUT2D eigenvalue weighted by Crippen LogP contribution is 2.38. The Bertz CT molecular complexity index is 953. The predicted molar refractivity (Wildman–Crippen MR) is 113 cm³/mol. The summed E-state index contributed by atoms with van der Waals surface area (Å²) in [6, 6.07) is 7.11. The van der Waals surface area contributed by atoms with E-state index in [0.29, 0.717) is 29.0 Å². The zero-order valence-corrected chi connectivity index (χ0v) is 17.9. The molecule has 4 N–H and O–H groups in total. The van der Waals surface area contributed by atoms with Gasteiger partial charge in [0.25, 0.3) is 0 Å². The third kappa shape index (κ3) is 4.27. The fourth-order valence-corrected chi connectivity index (χ4v) is 3.81. The van der Waals surface area contributed by atoms with E-state index in [1.165, 1.54) is 13.2 Å². The summed E-state index contributed by atoms with van der Waals surface area (Å²) in [6.45, 7) is 7.73. The molecule has 1 aliphatic rings. The topological polar surface area (TPSA) is 90.8 Å². The van der Waals surface area contributed by atoms with Gasteiger partial charge in [-0.3, -0.25) is 0 Å². The van der Waals surface area contributed by atoms with Crippen LogP contribution in [0.5, 0.6) is 5.75 Å². The second kappa shape index (κ2) is 8.24. The molecule has 30 heavy (non-hydrogen) atoms. The first-order valence-electron chi connectivity index (χ1n) is 9.96. The molecule has 162 valence electrons. The monoisotopic (exact) mass is 416 g/mol. The first-order chi connectivity index (χ1) is 14.0. The summed E-state index contributed by atoms with van der Waals surface area (Å²) in [5.41, 5.74) is 2.59. The Morgan fingerprint density at radius 3 is 2.57 bits per heavy atom. The lowest BCUT2D eigenvalue weighted by Crippen LogP contribution is -2.40. The van der Waals surface area contributed by atoms with Gasteiger partial charge in [-0.25, -0.2) is 9.18 Å². The van der Waals surface area contributed by atoms with Gasteiger partial charge in [0.2, 0.25) is 0 Å². The predicted octanol–water partition coefficient (Wildman–Crippen LogP) is 3.96. The van der Waals surface area contributed by atoms with E-state index in [1.807, 2.05) is 32.9 Å². The van der Waals surface area contributed by atoms with E-state index in [4.69, 9.17) is 4.74 Å². The zero-order valence-electron chi connectivity index (χ0n) is 17.9. The first kappa shape index (κ1) is 22.1. The Hall–Kier alpha value is -2.64. The van der Waals surface area contributed by atoms with Crippen molar-refractivity contribution in [2.45, 2.75) is 57.8 Å². The smallest absolute Gasteiger partial charge is 0.319 e. The van der Waals surface area contributed by atoms with Crippen molar-refractivity contribution in [3.63, 3.8) is 0 Å². The van der Waals surface area contributed by atoms with Crippen LogP contribution in [0.1, 0.15) is 62.2 Å². The lowest BCUT2D eigenvalue weighted by atomic mass is 9.85. The molecule has 6 nitrogen and oxygen atoms in total. The van der Waals surface area contributed by atoms with Crippen LogP contribution in [0.3, 0.4) is 0 Å². The number of urea groups is 1. The average Bonchev–Trinajstić information content (AvgIpc) is 2.96. The maximum Gasteiger partial charge on any atom is 0.319 e. The number of amides is 2. The number of anilines is 1. The number of aliphatic hydroxyl groups is 2. The highest BCUT2D eigenvalue weighted by atomic mass is 19.1. The van der Waals surface area contributed by atoms with Crippen molar-refractivity contribution in [1.82, 2.24) is 5.32 Å². The Balaban J connectivity index is 1.85. The molecular weight excluding hydrogens is 387 g/mol. The van der Waals surface area contributed by atoms with Gasteiger partial charge in [-0.2, -0.15) is 0 Å². The van der Waals surface area contributed by atoms with Gasteiger partial charge in [0.1, 0.15) is 17.7 Å². The van der Waals surface area contributed by atoms with Gasteiger partial charge in [0, 0.05) is 11.1 Å². The maximum absolute atomic E-state index is 14.0. The van der Waals surface area contributed by atoms with Crippen LogP contribution in [0, 0.1) is 5.82 Å². The SMILES string of the molecule is COc1c(NC(=O)N[C@@H]2Cc3cccc(F)c3[C@@H]2O)cc(C(C)(C)C)cc1[C@H](C)O. The van der Waals surface area contributed by atoms with E-state index in [0.717, 1.165) is 5.56 Å². The standard InChI is InChI=1S/C23H29FN2O4/c1-12(27)15-10-14(23(2,3)4)11-18(21(15)30-5)26-22(29)25-17-9-13-7-6-8-16(24)19(13)20(17)28/h6-8,10-12,17,20,27-28H,9H2,1-5H3,(H2,25,26,29)/t12-,17+,20+/m0/s1. The maximum atomic E-state index is 14.0. The number of rotatable bonds is 4. The van der Waals surface area contributed by atoms with Gasteiger partial charge in [-0.15, -0.1) is 0 Å². The molecule has 1 aliphatic carbocycles. The number of carbonyl (C=O) groups is 1. The molecule has 3 atom stereocenters. The minimum Gasteiger partial charge on any atom is -0.494 e. The van der Waals surface area contributed by atoms with E-state index in [1.54, 1.807) is 19.1 Å². The van der Waals surface area contributed by atoms with Gasteiger partial charge in [-0.1, -0.05) is 32.9 Å². The minimum atomic E-state index is -1.12. The van der Waals surface area contributed by atoms with Gasteiger partial charge in [0.15, 0.2) is 0 Å². The summed E-state index contributed by atoms with van der Waals surface area (Å²) in [6.07, 6.45) is -1.58. The number of hydrogen-bond donors (Lipinski definition) is 4. The Labute approximate surface area is 176 Å². The molecule has 2 aromatic carbocycles. The van der Waals surface area contributed by atoms with Gasteiger partial charge in [0.05, 0.1) is 24.9 Å². The lowest BCUT2D eigenvalue weighted by Gasteiger charge is -2.25. The van der Waals surface area contributed by atoms with Gasteiger partial charge < -0.3 is 25.6 Å². The quantitative estimate of drug-likeness (QED) is 0.607. The van der Waals surface area contributed by atoms with Crippen molar-refractivity contribution in [3.8, 4) is 5.75 Å². The zero-order chi connectivity index (χ0) is 22.2. The van der Waals surface area contributed by atoms with Crippen molar-refractivity contribution in [1.29, 1.82) is 0 Å². The van der Waals surface area contributed by atoms with Crippen LogP contribution in [-0.4, -0.2) is 29.4 Å². The van der Waals surface area contributed by atoms with Crippen molar-refractivity contribution in [3.05, 3.63) is 58.4 Å². The lowest BCUT2D eigenvalue weighted by molar-refractivity contribution is 0.141. The number of carbonyl (C=O) groups excluding carboxylic acids is 1. The number of methoxy groups -OCH3 is 1. The molecule has 3 rings (SSSR count). The highest BCUT2D eigenvalue weighted by Gasteiger charge is 2.34. The van der Waals surface area contributed by atoms with Crippen LogP contribution in [0.25, 0.3) is 0 Å². The molecule has 0 spiro atoms. The Morgan fingerprint density at radius 1 is 1.30 bits per heavy atom. The van der Waals surface area contributed by atoms with E-state index in [9.17, 15) is 19.4 Å². The van der Waals surface area contributed by atoms with Gasteiger partial charge >= 0.3 is 6.03 Å². The second-order valence-corrected chi connectivity index (χ2v) is 8.74. The van der Waals surface area contributed by atoms with E-state index >= 15 is 0 Å². The molecule has 0 bridgehead atoms. The molecule has 0 aliphatic heterocycles. The molecule has 2 amide bonds. The van der Waals surface area contributed by atoms with Crippen molar-refractivity contribution in [2.24, 2.45) is 0 Å². The van der Waals surface area contributed by atoms with E-state index < -0.39 is 30.1 Å². The van der Waals surface area contributed by atoms with E-state index in [-0.39, 0.29) is 11.0 Å². The summed E-state index contributed by atoms with van der Waals surface area (Å²) in [5.74, 6) is -0.111. The van der Waals surface area contributed by atoms with Gasteiger partial charge in [-0.05, 0) is 48.1 Å². The summed E-state index contributed by atoms with van der Waals surface area (Å²) >= 11 is 0. The highest BCUT2D eigenvalue weighted by molar-refractivity contribution is 5.92. The summed E-state index contributed by atoms with van der Waals surface area (Å²) in [5, 5.41) is 26.2. The van der Waals surface area contributed by atoms with Crippen LogP contribution in [0.15, 0.2) is 30.3 Å². The Kier molecular flexibility index (Phi) is 6.06. The molecule has 0 saturated carbocycles. The molecule has 0 fully saturated rings. The van der Waals surface area contributed by atoms with Crippen molar-refractivity contribution < 1.29 is 24.1 Å². The minimum absolute atomic E-state index is 0.219. The molecule has 0 heterocycles. The molecule has 0 unspecified atom stereocenters. The number of hydrogen-bond acceptors (Lipinski definition) is 4. The van der Waals surface area contributed by atoms with Crippen LogP contribution < -0.4 is 15.4 Å². The molecule has 7 heteroatoms. The van der Waals surface area contributed by atoms with Crippen LogP contribution in [-0.2, 0) is 11.8 Å². The van der Waals surface area contributed by atoms with Crippen molar-refractivity contribution >= 4 is 11.7 Å². The molecule has 0 saturated heterocycles. The molecule has 2 aromatic rings. The fourth-order valence-electron chi connectivity index (χ4n) is 3.81. The third-order valence-electron chi connectivity index (χ3n) is 5.46. The number of nitrogens with one attached hydrogen (secondary N) is 2. The summed E-state index contributed by atoms with van der Waals surface area (Å²) in [4.78, 5) is 12.7. The van der Waals surface area contributed by atoms with Crippen LogP contribution >= 0.6 is 0 Å². The second-order valence-electron chi connectivity index (χ2n) is 8.74. The summed E-state index contributed by atoms with van der Waals surface area (Å²) in [7, 11) is 1.47. The number of ether oxygens (including phenoxy) is 1. The number of aliphatic hydroxyl groups excluding tert-OH is 2. The Morgan fingerprint density at radius 2 is 2.00 bits per heavy atom. The molecule has 0 aromatic heterocycles. The normalized spacial score (nSPS) is 19.2. The molecule has 0 radical (unpaired) electrons. The molecular formula is C23H29FN2O4. The first-order valence-corrected chi connectivity index (χ1v) is 9.96. The summed E-state index contributed by atoms with van der Waals surface area (Å²) < 4.78 is 19.5. The van der Waals surface area contributed by atoms with E-state index in [2.05, 4.69) is 10.6 Å². The number of benzene rings is 2. The van der Waals surface area contributed by atoms with Crippen molar-refractivity contribution in [2.75, 3.05) is 12.4 Å². The third-order valence-corrected chi connectivity index (χ3v) is 5.46. The average molecular weight is 416 g/mol.